The van der Waals surface area contributed by atoms with Gasteiger partial charge in [-0.1, -0.05) is 58.8 Å². The molecule has 8 heteroatoms. The fraction of sp³-hybridized carbons (Fsp3) is 0.190. The van der Waals surface area contributed by atoms with Gasteiger partial charge < -0.3 is 4.74 Å². The Kier molecular flexibility index (Phi) is 6.45. The number of ether oxygens (including phenoxy) is 1. The molecule has 3 rings (SSSR count). The van der Waals surface area contributed by atoms with Crippen LogP contribution in [0.4, 0.5) is 11.4 Å². The molecule has 1 saturated carbocycles. The van der Waals surface area contributed by atoms with Crippen LogP contribution in [0.3, 0.4) is 0 Å². The first-order chi connectivity index (χ1) is 14.1. The summed E-state index contributed by atoms with van der Waals surface area (Å²) >= 11 is 0. The lowest BCUT2D eigenvalue weighted by atomic mass is 9.85. The molecule has 0 saturated heterocycles. The van der Waals surface area contributed by atoms with Gasteiger partial charge in [-0.15, -0.1) is 0 Å². The Morgan fingerprint density at radius 2 is 1.28 bits per heavy atom. The average Bonchev–Trinajstić information content (AvgIpc) is 2.74. The third-order valence-corrected chi connectivity index (χ3v) is 4.60. The van der Waals surface area contributed by atoms with Gasteiger partial charge in [0.1, 0.15) is 0 Å². The lowest BCUT2D eigenvalue weighted by molar-refractivity contribution is -0.113. The maximum Gasteiger partial charge on any atom is 0.185 e. The zero-order valence-electron chi connectivity index (χ0n) is 15.8. The van der Waals surface area contributed by atoms with Crippen LogP contribution in [-0.4, -0.2) is 19.0 Å². The van der Waals surface area contributed by atoms with Crippen molar-refractivity contribution in [1.82, 2.24) is 0 Å². The first-order valence-electron chi connectivity index (χ1n) is 8.92. The van der Waals surface area contributed by atoms with E-state index >= 15 is 0 Å². The lowest BCUT2D eigenvalue weighted by Crippen LogP contribution is -2.25. The summed E-state index contributed by atoms with van der Waals surface area (Å²) in [6, 6.07) is 14.0. The van der Waals surface area contributed by atoms with Crippen molar-refractivity contribution in [2.75, 3.05) is 7.11 Å². The molecule has 0 amide bonds. The van der Waals surface area contributed by atoms with Crippen LogP contribution in [-0.2, 0) is 9.53 Å². The van der Waals surface area contributed by atoms with Crippen molar-refractivity contribution in [2.24, 2.45) is 10.2 Å². The summed E-state index contributed by atoms with van der Waals surface area (Å²) in [7, 11) is 1.64. The van der Waals surface area contributed by atoms with Gasteiger partial charge in [0.15, 0.2) is 5.78 Å². The average molecular weight is 386 g/mol. The molecule has 0 unspecified atom stereocenters. The molecule has 0 N–H and O–H groups in total. The highest BCUT2D eigenvalue weighted by Crippen LogP contribution is 2.30. The van der Waals surface area contributed by atoms with Crippen LogP contribution in [0.1, 0.15) is 24.0 Å². The molecule has 0 radical (unpaired) electrons. The summed E-state index contributed by atoms with van der Waals surface area (Å²) < 4.78 is 5.53. The molecule has 0 aliphatic heterocycles. The normalized spacial score (nSPS) is 18.9. The number of hydrogen-bond acceptors (Lipinski definition) is 4. The van der Waals surface area contributed by atoms with Gasteiger partial charge >= 0.3 is 0 Å². The molecule has 1 fully saturated rings. The molecule has 0 bridgehead atoms. The van der Waals surface area contributed by atoms with E-state index in [1.54, 1.807) is 55.6 Å². The number of Topliss-reactive ketones (excluding diaryl/α,β-unsaturated/α-hetero) is 1. The van der Waals surface area contributed by atoms with Crippen LogP contribution in [0.15, 0.2) is 69.9 Å². The molecule has 8 nitrogen and oxygen atoms in total. The molecule has 144 valence electrons. The summed E-state index contributed by atoms with van der Waals surface area (Å²) in [6.45, 7) is 0. The molecule has 0 heterocycles. The third kappa shape index (κ3) is 5.12. The number of carbonyl (C=O) groups is 1. The summed E-state index contributed by atoms with van der Waals surface area (Å²) in [6.07, 6.45) is 4.65. The zero-order valence-corrected chi connectivity index (χ0v) is 15.8. The van der Waals surface area contributed by atoms with Gasteiger partial charge in [0.25, 0.3) is 0 Å². The van der Waals surface area contributed by atoms with Crippen LogP contribution >= 0.6 is 0 Å². The monoisotopic (exact) mass is 386 g/mol. The number of carbonyl (C=O) groups excluding carboxylic acids is 1. The highest BCUT2D eigenvalue weighted by atomic mass is 16.5. The van der Waals surface area contributed by atoms with Crippen molar-refractivity contribution in [2.45, 2.75) is 18.9 Å². The summed E-state index contributed by atoms with van der Waals surface area (Å²) in [4.78, 5) is 18.5. The topological polar surface area (TPSA) is 124 Å². The SMILES string of the molecule is COC1C/C(=C\c2ccc(N=[N+]=[N-])cc2)C(=O)/C(=C/c2ccc(N=[N+]=[N-])cc2)C1. The highest BCUT2D eigenvalue weighted by Gasteiger charge is 2.27. The summed E-state index contributed by atoms with van der Waals surface area (Å²) in [5.41, 5.74) is 21.0. The van der Waals surface area contributed by atoms with Gasteiger partial charge in [0.2, 0.25) is 0 Å². The van der Waals surface area contributed by atoms with E-state index in [9.17, 15) is 4.79 Å². The van der Waals surface area contributed by atoms with Crippen molar-refractivity contribution in [3.63, 3.8) is 0 Å². The van der Waals surface area contributed by atoms with Crippen molar-refractivity contribution < 1.29 is 9.53 Å². The Morgan fingerprint density at radius 3 is 1.62 bits per heavy atom. The fourth-order valence-corrected chi connectivity index (χ4v) is 3.15. The van der Waals surface area contributed by atoms with Crippen LogP contribution in [0.25, 0.3) is 33.0 Å². The largest absolute Gasteiger partial charge is 0.381 e. The van der Waals surface area contributed by atoms with E-state index in [-0.39, 0.29) is 11.9 Å². The van der Waals surface area contributed by atoms with Crippen LogP contribution < -0.4 is 0 Å². The van der Waals surface area contributed by atoms with Gasteiger partial charge in [-0.25, -0.2) is 0 Å². The maximum absolute atomic E-state index is 13.0. The zero-order chi connectivity index (χ0) is 20.6. The number of ketones is 1. The second-order valence-corrected chi connectivity index (χ2v) is 6.50. The number of nitrogens with zero attached hydrogens (tertiary/aromatic N) is 6. The fourth-order valence-electron chi connectivity index (χ4n) is 3.15. The van der Waals surface area contributed by atoms with Crippen molar-refractivity contribution in [3.05, 3.63) is 91.7 Å². The molecular formula is C21H18N6O2. The molecule has 29 heavy (non-hydrogen) atoms. The second-order valence-electron chi connectivity index (χ2n) is 6.50. The quantitative estimate of drug-likeness (QED) is 0.255. The molecular weight excluding hydrogens is 368 g/mol. The predicted molar refractivity (Wildman–Crippen MR) is 111 cm³/mol. The Hall–Kier alpha value is -3.83. The van der Waals surface area contributed by atoms with Gasteiger partial charge in [-0.05, 0) is 34.3 Å². The Balaban J connectivity index is 1.89. The maximum atomic E-state index is 13.0. The molecule has 0 atom stereocenters. The van der Waals surface area contributed by atoms with E-state index in [0.29, 0.717) is 35.4 Å². The molecule has 0 spiro atoms. The first kappa shape index (κ1) is 19.9. The van der Waals surface area contributed by atoms with Crippen molar-refractivity contribution >= 4 is 29.3 Å². The molecule has 0 aromatic heterocycles. The summed E-state index contributed by atoms with van der Waals surface area (Å²) in [5.74, 6) is -0.0171. The van der Waals surface area contributed by atoms with Gasteiger partial charge in [0, 0.05) is 52.3 Å². The molecule has 2 aromatic rings. The van der Waals surface area contributed by atoms with E-state index in [1.165, 1.54) is 0 Å². The number of hydrogen-bond donors (Lipinski definition) is 0. The standard InChI is InChI=1S/C21H18N6O2/c1-29-20-12-16(10-14-2-6-18(7-3-14)24-26-22)21(28)17(13-20)11-15-4-8-19(9-5-15)25-27-23/h2-11,20H,12-13H2,1H3/b16-10+,17-11+. The minimum absolute atomic E-state index is 0.0171. The number of benzene rings is 2. The minimum atomic E-state index is -0.0878. The first-order valence-corrected chi connectivity index (χ1v) is 8.92. The van der Waals surface area contributed by atoms with Crippen molar-refractivity contribution in [3.8, 4) is 0 Å². The Bertz CT molecular complexity index is 974. The van der Waals surface area contributed by atoms with Gasteiger partial charge in [0.05, 0.1) is 6.10 Å². The second kappa shape index (κ2) is 9.39. The lowest BCUT2D eigenvalue weighted by Gasteiger charge is -2.24. The Morgan fingerprint density at radius 1 is 0.862 bits per heavy atom. The van der Waals surface area contributed by atoms with Crippen molar-refractivity contribution in [1.29, 1.82) is 0 Å². The van der Waals surface area contributed by atoms with Crippen LogP contribution in [0, 0.1) is 0 Å². The van der Waals surface area contributed by atoms with Crippen LogP contribution in [0.5, 0.6) is 0 Å². The smallest absolute Gasteiger partial charge is 0.185 e. The van der Waals surface area contributed by atoms with E-state index in [4.69, 9.17) is 15.8 Å². The number of azide groups is 2. The highest BCUT2D eigenvalue weighted by molar-refractivity contribution is 6.14. The molecule has 1 aliphatic rings. The van der Waals surface area contributed by atoms with Gasteiger partial charge in [-0.3, -0.25) is 4.79 Å². The van der Waals surface area contributed by atoms with Crippen LogP contribution in [0.2, 0.25) is 0 Å². The third-order valence-electron chi connectivity index (χ3n) is 4.60. The molecule has 2 aromatic carbocycles. The number of methoxy groups -OCH3 is 1. The molecule has 1 aliphatic carbocycles. The predicted octanol–water partition coefficient (Wildman–Crippen LogP) is 6.42. The van der Waals surface area contributed by atoms with Gasteiger partial charge in [-0.2, -0.15) is 0 Å². The minimum Gasteiger partial charge on any atom is -0.381 e. The van der Waals surface area contributed by atoms with E-state index in [2.05, 4.69) is 20.1 Å². The van der Waals surface area contributed by atoms with E-state index in [0.717, 1.165) is 11.1 Å². The van der Waals surface area contributed by atoms with E-state index in [1.807, 2.05) is 12.2 Å². The Labute approximate surface area is 167 Å². The summed E-state index contributed by atoms with van der Waals surface area (Å²) in [5, 5.41) is 7.10. The van der Waals surface area contributed by atoms with E-state index < -0.39 is 0 Å². The number of rotatable bonds is 5.